The first-order valence-corrected chi connectivity index (χ1v) is 4.11. The van der Waals surface area contributed by atoms with Crippen LogP contribution in [0.5, 0.6) is 0 Å². The Hall–Kier alpha value is -1.89. The first-order chi connectivity index (χ1) is 6.28. The molecule has 0 spiro atoms. The molecule has 0 radical (unpaired) electrons. The Morgan fingerprint density at radius 2 is 2.08 bits per heavy atom. The van der Waals surface area contributed by atoms with Crippen LogP contribution < -0.4 is 0 Å². The van der Waals surface area contributed by atoms with Gasteiger partial charge in [0.25, 0.3) is 0 Å². The smallest absolute Gasteiger partial charge is 0.253 e. The molecular formula is C7HBN4S. The number of hydrogen-bond acceptors (Lipinski definition) is 3. The predicted octanol–water partition coefficient (Wildman–Crippen LogP) is 1.69. The van der Waals surface area contributed by atoms with Crippen molar-refractivity contribution in [3.8, 4) is 12.0 Å². The third kappa shape index (κ3) is 1.36. The van der Waals surface area contributed by atoms with Gasteiger partial charge in [-0.3, -0.25) is 4.85 Å². The molecule has 0 aliphatic carbocycles. The van der Waals surface area contributed by atoms with Crippen LogP contribution in [0.4, 0.5) is 0 Å². The van der Waals surface area contributed by atoms with Gasteiger partial charge < -0.3 is 0 Å². The van der Waals surface area contributed by atoms with Crippen LogP contribution in [0.25, 0.3) is 9.69 Å². The summed E-state index contributed by atoms with van der Waals surface area (Å²) in [6.07, 6.45) is 0. The average Bonchev–Trinajstić information content (AvgIpc) is 2.54. The predicted molar refractivity (Wildman–Crippen MR) is 48.6 cm³/mol. The molecule has 13 heavy (non-hydrogen) atoms. The van der Waals surface area contributed by atoms with Crippen molar-refractivity contribution in [2.24, 2.45) is 0 Å². The monoisotopic (exact) mass is 184 g/mol. The summed E-state index contributed by atoms with van der Waals surface area (Å²) >= 11 is 1.00. The summed E-state index contributed by atoms with van der Waals surface area (Å²) < 4.78 is 0. The molecule has 1 heterocycles. The maximum atomic E-state index is 8.69. The molecule has 1 rings (SSSR count). The van der Waals surface area contributed by atoms with Gasteiger partial charge in [-0.2, -0.15) is 16.9 Å². The third-order valence-electron chi connectivity index (χ3n) is 1.54. The molecule has 1 atom stereocenters. The lowest BCUT2D eigenvalue weighted by Gasteiger charge is -1.97. The molecule has 0 saturated carbocycles. The Labute approximate surface area is 80.1 Å². The van der Waals surface area contributed by atoms with Crippen LogP contribution in [-0.4, -0.2) is 5.99 Å². The minimum atomic E-state index is -0.739. The summed E-state index contributed by atoms with van der Waals surface area (Å²) in [6, 6.07) is 1.87. The van der Waals surface area contributed by atoms with E-state index < -0.39 is 11.8 Å². The van der Waals surface area contributed by atoms with Crippen molar-refractivity contribution >= 4 is 17.6 Å². The van der Waals surface area contributed by atoms with Crippen molar-refractivity contribution < 1.29 is 0 Å². The van der Waals surface area contributed by atoms with E-state index in [1.807, 2.05) is 12.0 Å². The molecule has 1 unspecified atom stereocenters. The fraction of sp³-hybridized carbons (Fsp3) is 0.143. The van der Waals surface area contributed by atoms with Gasteiger partial charge in [0, 0.05) is 5.97 Å². The van der Waals surface area contributed by atoms with E-state index >= 15 is 0 Å². The normalized spacial score (nSPS) is 20.0. The lowest BCUT2D eigenvalue weighted by molar-refractivity contribution is 1.25. The van der Waals surface area contributed by atoms with Gasteiger partial charge in [-0.25, -0.2) is 10.1 Å². The Morgan fingerprint density at radius 3 is 2.46 bits per heavy atom. The molecule has 1 aliphatic rings. The number of nitriles is 2. The minimum Gasteiger partial charge on any atom is -0.253 e. The van der Waals surface area contributed by atoms with E-state index in [0.29, 0.717) is 0 Å². The van der Waals surface area contributed by atoms with E-state index in [2.05, 4.69) is 9.69 Å². The largest absolute Gasteiger partial charge is 0.333 e. The van der Waals surface area contributed by atoms with Gasteiger partial charge in [-0.05, 0) is 0 Å². The number of nitrogens with zero attached hydrogens (tertiary/aromatic N) is 4. The topological polar surface area (TPSA) is 56.3 Å². The highest BCUT2D eigenvalue weighted by atomic mass is 32.2. The lowest BCUT2D eigenvalue weighted by atomic mass is 9.64. The van der Waals surface area contributed by atoms with Gasteiger partial charge in [0.05, 0.1) is 25.0 Å². The molecule has 1 aliphatic heterocycles. The molecule has 6 heteroatoms. The van der Waals surface area contributed by atoms with Gasteiger partial charge in [-0.1, -0.05) is 0 Å². The first kappa shape index (κ1) is 9.20. The van der Waals surface area contributed by atoms with Crippen LogP contribution in [0.3, 0.4) is 0 Å². The molecule has 0 saturated heterocycles. The summed E-state index contributed by atoms with van der Waals surface area (Å²) in [6.45, 7) is 13.5. The third-order valence-corrected chi connectivity index (χ3v) is 2.70. The molecule has 58 valence electrons. The highest BCUT2D eigenvalue weighted by molar-refractivity contribution is 8.30. The SMILES string of the molecule is [C-]#[N+]C1=C([N+]#[C-])C(C#N)B(C#N)S1. The van der Waals surface area contributed by atoms with Gasteiger partial charge in [-0.15, -0.1) is 0 Å². The van der Waals surface area contributed by atoms with E-state index in [4.69, 9.17) is 23.7 Å². The maximum absolute atomic E-state index is 8.69. The van der Waals surface area contributed by atoms with Crippen LogP contribution >= 0.6 is 11.6 Å². The van der Waals surface area contributed by atoms with Crippen molar-refractivity contribution in [3.05, 3.63) is 33.6 Å². The zero-order valence-electron chi connectivity index (χ0n) is 6.35. The lowest BCUT2D eigenvalue weighted by Crippen LogP contribution is -2.08. The molecule has 0 N–H and O–H groups in total. The standard InChI is InChI=1S/C7HBN4S/c1-11-6-5(3-9)8(4-10)13-7(6)12-2/h5H. The van der Waals surface area contributed by atoms with Gasteiger partial charge in [0.2, 0.25) is 5.03 Å². The summed E-state index contributed by atoms with van der Waals surface area (Å²) in [5.41, 5.74) is 0.119. The number of rotatable bonds is 0. The van der Waals surface area contributed by atoms with E-state index in [-0.39, 0.29) is 10.7 Å². The second kappa shape index (κ2) is 3.68. The Kier molecular flexibility index (Phi) is 2.60. The summed E-state index contributed by atoms with van der Waals surface area (Å²) in [4.78, 5) is 6.22. The van der Waals surface area contributed by atoms with E-state index in [9.17, 15) is 0 Å². The van der Waals surface area contributed by atoms with Gasteiger partial charge >= 0.3 is 5.99 Å². The fourth-order valence-corrected chi connectivity index (χ4v) is 1.92. The van der Waals surface area contributed by atoms with Crippen LogP contribution in [0, 0.1) is 35.7 Å². The number of allylic oxidation sites excluding steroid dienone is 1. The Balaban J connectivity index is 3.15. The van der Waals surface area contributed by atoms with Crippen molar-refractivity contribution in [1.29, 1.82) is 10.5 Å². The Morgan fingerprint density at radius 1 is 1.38 bits per heavy atom. The van der Waals surface area contributed by atoms with Crippen molar-refractivity contribution in [2.75, 3.05) is 0 Å². The van der Waals surface area contributed by atoms with Crippen LogP contribution in [0.1, 0.15) is 0 Å². The first-order valence-electron chi connectivity index (χ1n) is 3.23. The zero-order chi connectivity index (χ0) is 9.84. The molecule has 0 amide bonds. The average molecular weight is 184 g/mol. The summed E-state index contributed by atoms with van der Waals surface area (Å²) in [7, 11) is 0. The highest BCUT2D eigenvalue weighted by Gasteiger charge is 2.40. The molecular weight excluding hydrogens is 183 g/mol. The Bertz CT molecular complexity index is 427. The summed E-state index contributed by atoms with van der Waals surface area (Å²) in [5, 5.41) is 17.5. The van der Waals surface area contributed by atoms with Crippen LogP contribution in [0.2, 0.25) is 5.82 Å². The second-order valence-electron chi connectivity index (χ2n) is 2.19. The maximum Gasteiger partial charge on any atom is 0.333 e. The van der Waals surface area contributed by atoms with Gasteiger partial charge in [0.15, 0.2) is 5.70 Å². The van der Waals surface area contributed by atoms with Crippen molar-refractivity contribution in [1.82, 2.24) is 0 Å². The molecule has 0 aromatic heterocycles. The molecule has 0 bridgehead atoms. The quantitative estimate of drug-likeness (QED) is 0.425. The highest BCUT2D eigenvalue weighted by Crippen LogP contribution is 2.44. The molecule has 4 nitrogen and oxygen atoms in total. The van der Waals surface area contributed by atoms with Gasteiger partial charge in [0.1, 0.15) is 0 Å². The molecule has 0 fully saturated rings. The van der Waals surface area contributed by atoms with Crippen molar-refractivity contribution in [3.63, 3.8) is 0 Å². The van der Waals surface area contributed by atoms with Crippen molar-refractivity contribution in [2.45, 2.75) is 5.82 Å². The number of hydrogen-bond donors (Lipinski definition) is 0. The van der Waals surface area contributed by atoms with Crippen LogP contribution in [0.15, 0.2) is 10.7 Å². The summed E-state index contributed by atoms with van der Waals surface area (Å²) in [5.74, 6) is 0.567. The molecule has 0 aromatic carbocycles. The van der Waals surface area contributed by atoms with E-state index in [1.54, 1.807) is 0 Å². The van der Waals surface area contributed by atoms with E-state index in [0.717, 1.165) is 11.6 Å². The van der Waals surface area contributed by atoms with E-state index in [1.165, 1.54) is 0 Å². The second-order valence-corrected chi connectivity index (χ2v) is 3.32. The van der Waals surface area contributed by atoms with Crippen LogP contribution in [-0.2, 0) is 0 Å². The fourth-order valence-electron chi connectivity index (χ4n) is 0.956. The molecule has 0 aromatic rings. The minimum absolute atomic E-state index is 0.119. The zero-order valence-corrected chi connectivity index (χ0v) is 7.17.